The summed E-state index contributed by atoms with van der Waals surface area (Å²) in [6, 6.07) is 16.2. The first kappa shape index (κ1) is 24.0. The number of carbonyl (C=O) groups excluding carboxylic acids is 2. The average molecular weight is 478 g/mol. The highest BCUT2D eigenvalue weighted by molar-refractivity contribution is 7.99. The topological polar surface area (TPSA) is 70.5 Å². The van der Waals surface area contributed by atoms with Gasteiger partial charge in [-0.1, -0.05) is 60.3 Å². The van der Waals surface area contributed by atoms with Crippen LogP contribution in [0.15, 0.2) is 66.1 Å². The van der Waals surface area contributed by atoms with Gasteiger partial charge in [0.25, 0.3) is 0 Å². The quantitative estimate of drug-likeness (QED) is 0.504. The van der Waals surface area contributed by atoms with Crippen molar-refractivity contribution in [1.82, 2.24) is 19.4 Å². The predicted molar refractivity (Wildman–Crippen MR) is 136 cm³/mol. The van der Waals surface area contributed by atoms with E-state index in [0.717, 1.165) is 28.5 Å². The summed E-state index contributed by atoms with van der Waals surface area (Å²) in [6.07, 6.45) is 3.72. The molecule has 2 aromatic carbocycles. The van der Waals surface area contributed by atoms with E-state index in [1.807, 2.05) is 61.3 Å². The fraction of sp³-hybridized carbons (Fsp3) is 0.346. The zero-order chi connectivity index (χ0) is 23.9. The van der Waals surface area contributed by atoms with Gasteiger partial charge in [-0.15, -0.1) is 0 Å². The van der Waals surface area contributed by atoms with Crippen LogP contribution < -0.4 is 5.32 Å². The highest BCUT2D eigenvalue weighted by Crippen LogP contribution is 2.20. The van der Waals surface area contributed by atoms with Gasteiger partial charge in [0.2, 0.25) is 11.8 Å². The van der Waals surface area contributed by atoms with Gasteiger partial charge in [-0.05, 0) is 30.5 Å². The summed E-state index contributed by atoms with van der Waals surface area (Å²) < 4.78 is 2.07. The molecular formula is C26H31N5O2S. The SMILES string of the molecule is Cc1cccc(C)c1NC(=O)CN1CCN(C(=O)CSc2nccn2Cc2ccccc2)CC1. The van der Waals surface area contributed by atoms with Gasteiger partial charge in [-0.2, -0.15) is 0 Å². The molecule has 7 nitrogen and oxygen atoms in total. The van der Waals surface area contributed by atoms with E-state index in [2.05, 4.69) is 31.9 Å². The van der Waals surface area contributed by atoms with Gasteiger partial charge in [-0.25, -0.2) is 4.98 Å². The minimum atomic E-state index is -0.0158. The number of benzene rings is 2. The molecule has 4 rings (SSSR count). The fourth-order valence-corrected chi connectivity index (χ4v) is 4.96. The van der Waals surface area contributed by atoms with Crippen LogP contribution in [0.4, 0.5) is 5.69 Å². The Morgan fingerprint density at radius 1 is 0.971 bits per heavy atom. The van der Waals surface area contributed by atoms with Crippen molar-refractivity contribution in [2.75, 3.05) is 43.8 Å². The minimum absolute atomic E-state index is 0.0158. The molecule has 0 bridgehead atoms. The monoisotopic (exact) mass is 477 g/mol. The van der Waals surface area contributed by atoms with Crippen LogP contribution in [0.3, 0.4) is 0 Å². The number of thioether (sulfide) groups is 1. The molecule has 1 aliphatic rings. The number of hydrogen-bond donors (Lipinski definition) is 1. The maximum atomic E-state index is 12.8. The Labute approximate surface area is 205 Å². The average Bonchev–Trinajstić information content (AvgIpc) is 3.28. The molecule has 34 heavy (non-hydrogen) atoms. The fourth-order valence-electron chi connectivity index (χ4n) is 4.10. The molecule has 0 atom stereocenters. The van der Waals surface area contributed by atoms with E-state index in [4.69, 9.17) is 0 Å². The van der Waals surface area contributed by atoms with Crippen molar-refractivity contribution in [2.45, 2.75) is 25.5 Å². The lowest BCUT2D eigenvalue weighted by Crippen LogP contribution is -2.51. The highest BCUT2D eigenvalue weighted by Gasteiger charge is 2.23. The summed E-state index contributed by atoms with van der Waals surface area (Å²) in [5, 5.41) is 3.89. The van der Waals surface area contributed by atoms with Crippen molar-refractivity contribution in [3.05, 3.63) is 77.6 Å². The number of hydrogen-bond acceptors (Lipinski definition) is 5. The third-order valence-corrected chi connectivity index (χ3v) is 7.02. The lowest BCUT2D eigenvalue weighted by atomic mass is 10.1. The molecule has 178 valence electrons. The summed E-state index contributed by atoms with van der Waals surface area (Å²) in [7, 11) is 0. The molecule has 3 aromatic rings. The van der Waals surface area contributed by atoms with Crippen LogP contribution >= 0.6 is 11.8 Å². The Bertz CT molecular complexity index is 1100. The Morgan fingerprint density at radius 2 is 1.68 bits per heavy atom. The van der Waals surface area contributed by atoms with E-state index in [1.54, 1.807) is 6.20 Å². The molecule has 1 saturated heterocycles. The van der Waals surface area contributed by atoms with Crippen molar-refractivity contribution >= 4 is 29.3 Å². The van der Waals surface area contributed by atoms with E-state index in [1.165, 1.54) is 17.3 Å². The van der Waals surface area contributed by atoms with Crippen molar-refractivity contribution in [3.8, 4) is 0 Å². The maximum Gasteiger partial charge on any atom is 0.238 e. The number of amides is 2. The summed E-state index contributed by atoms with van der Waals surface area (Å²) in [6.45, 7) is 7.72. The first-order chi connectivity index (χ1) is 16.5. The lowest BCUT2D eigenvalue weighted by Gasteiger charge is -2.34. The molecule has 2 amide bonds. The Hall–Kier alpha value is -3.10. The molecule has 0 saturated carbocycles. The first-order valence-electron chi connectivity index (χ1n) is 11.5. The van der Waals surface area contributed by atoms with Crippen LogP contribution in [-0.2, 0) is 16.1 Å². The van der Waals surface area contributed by atoms with Gasteiger partial charge in [0.15, 0.2) is 5.16 Å². The first-order valence-corrected chi connectivity index (χ1v) is 12.5. The van der Waals surface area contributed by atoms with Crippen LogP contribution in [-0.4, -0.2) is 69.6 Å². The third kappa shape index (κ3) is 6.27. The van der Waals surface area contributed by atoms with Crippen LogP contribution in [0.5, 0.6) is 0 Å². The zero-order valence-corrected chi connectivity index (χ0v) is 20.6. The molecule has 1 fully saturated rings. The van der Waals surface area contributed by atoms with Gasteiger partial charge < -0.3 is 14.8 Å². The number of aryl methyl sites for hydroxylation is 2. The number of anilines is 1. The highest BCUT2D eigenvalue weighted by atomic mass is 32.2. The minimum Gasteiger partial charge on any atom is -0.339 e. The summed E-state index contributed by atoms with van der Waals surface area (Å²) >= 11 is 1.47. The second-order valence-electron chi connectivity index (χ2n) is 8.58. The van der Waals surface area contributed by atoms with E-state index in [0.29, 0.717) is 38.5 Å². The second kappa shape index (κ2) is 11.4. The molecule has 2 heterocycles. The molecule has 0 aliphatic carbocycles. The van der Waals surface area contributed by atoms with Crippen molar-refractivity contribution in [3.63, 3.8) is 0 Å². The number of imidazole rings is 1. The molecule has 1 aliphatic heterocycles. The maximum absolute atomic E-state index is 12.8. The molecule has 0 unspecified atom stereocenters. The number of piperazine rings is 1. The van der Waals surface area contributed by atoms with E-state index in [-0.39, 0.29) is 11.8 Å². The van der Waals surface area contributed by atoms with Crippen molar-refractivity contribution < 1.29 is 9.59 Å². The molecule has 1 aromatic heterocycles. The summed E-state index contributed by atoms with van der Waals surface area (Å²) in [5.41, 5.74) is 4.21. The van der Waals surface area contributed by atoms with Gasteiger partial charge in [0.05, 0.1) is 12.3 Å². The van der Waals surface area contributed by atoms with Crippen LogP contribution in [0.1, 0.15) is 16.7 Å². The number of para-hydroxylation sites is 1. The van der Waals surface area contributed by atoms with Gasteiger partial charge in [-0.3, -0.25) is 14.5 Å². The number of nitrogens with zero attached hydrogens (tertiary/aromatic N) is 4. The normalized spacial score (nSPS) is 14.2. The van der Waals surface area contributed by atoms with Crippen molar-refractivity contribution in [1.29, 1.82) is 0 Å². The van der Waals surface area contributed by atoms with E-state index < -0.39 is 0 Å². The summed E-state index contributed by atoms with van der Waals surface area (Å²) in [5.74, 6) is 0.454. The number of nitrogens with one attached hydrogen (secondary N) is 1. The Morgan fingerprint density at radius 3 is 2.38 bits per heavy atom. The van der Waals surface area contributed by atoms with Crippen LogP contribution in [0, 0.1) is 13.8 Å². The van der Waals surface area contributed by atoms with Gasteiger partial charge in [0.1, 0.15) is 0 Å². The molecule has 0 radical (unpaired) electrons. The molecular weight excluding hydrogens is 446 g/mol. The number of aromatic nitrogens is 2. The second-order valence-corrected chi connectivity index (χ2v) is 9.53. The van der Waals surface area contributed by atoms with Crippen LogP contribution in [0.25, 0.3) is 0 Å². The van der Waals surface area contributed by atoms with E-state index >= 15 is 0 Å². The number of carbonyl (C=O) groups is 2. The molecule has 0 spiro atoms. The Kier molecular flexibility index (Phi) is 8.03. The van der Waals surface area contributed by atoms with Gasteiger partial charge in [0, 0.05) is 50.8 Å². The predicted octanol–water partition coefficient (Wildman–Crippen LogP) is 3.42. The molecule has 1 N–H and O–H groups in total. The third-order valence-electron chi connectivity index (χ3n) is 6.04. The zero-order valence-electron chi connectivity index (χ0n) is 19.7. The van der Waals surface area contributed by atoms with Gasteiger partial charge >= 0.3 is 0 Å². The summed E-state index contributed by atoms with van der Waals surface area (Å²) in [4.78, 5) is 33.7. The lowest BCUT2D eigenvalue weighted by molar-refractivity contribution is -0.130. The van der Waals surface area contributed by atoms with Crippen molar-refractivity contribution in [2.24, 2.45) is 0 Å². The standard InChI is InChI=1S/C26H31N5O2S/c1-20-7-6-8-21(2)25(20)28-23(32)18-29-13-15-30(16-14-29)24(33)19-34-26-27-11-12-31(26)17-22-9-4-3-5-10-22/h3-12H,13-19H2,1-2H3,(H,28,32). The molecule has 8 heteroatoms. The number of rotatable bonds is 8. The largest absolute Gasteiger partial charge is 0.339 e. The van der Waals surface area contributed by atoms with E-state index in [9.17, 15) is 9.59 Å². The Balaban J connectivity index is 1.21. The smallest absolute Gasteiger partial charge is 0.238 e. The van der Waals surface area contributed by atoms with Crippen LogP contribution in [0.2, 0.25) is 0 Å².